The van der Waals surface area contributed by atoms with E-state index in [1.165, 1.54) is 16.3 Å². The van der Waals surface area contributed by atoms with Gasteiger partial charge in [-0.3, -0.25) is 0 Å². The Labute approximate surface area is 120 Å². The first-order valence-electron chi connectivity index (χ1n) is 6.69. The van der Waals surface area contributed by atoms with Crippen molar-refractivity contribution in [2.75, 3.05) is 0 Å². The van der Waals surface area contributed by atoms with Gasteiger partial charge in [-0.2, -0.15) is 0 Å². The predicted molar refractivity (Wildman–Crippen MR) is 86.3 cm³/mol. The third-order valence-corrected chi connectivity index (χ3v) is 3.47. The highest BCUT2D eigenvalue weighted by Crippen LogP contribution is 2.34. The van der Waals surface area contributed by atoms with Crippen LogP contribution >= 0.6 is 0 Å². The molecule has 0 saturated heterocycles. The maximum atomic E-state index is 4.07. The highest BCUT2D eigenvalue weighted by atomic mass is 14.2. The van der Waals surface area contributed by atoms with Crippen molar-refractivity contribution < 1.29 is 0 Å². The number of fused-ring (bicyclic) bond motifs is 1. The SMILES string of the molecule is C=C([CH2-])[C+](c1ccccc1)c1cccc2ccccc12. The quantitative estimate of drug-likeness (QED) is 0.565. The second-order valence-corrected chi connectivity index (χ2v) is 4.87. The summed E-state index contributed by atoms with van der Waals surface area (Å²) in [6.45, 7) is 8.13. The molecule has 0 spiro atoms. The van der Waals surface area contributed by atoms with E-state index in [0.717, 1.165) is 17.1 Å². The van der Waals surface area contributed by atoms with E-state index in [9.17, 15) is 0 Å². The largest absolute Gasteiger partial charge is 0.0917 e. The first-order valence-corrected chi connectivity index (χ1v) is 6.69. The van der Waals surface area contributed by atoms with Crippen LogP contribution < -0.4 is 0 Å². The molecule has 3 rings (SSSR count). The van der Waals surface area contributed by atoms with Gasteiger partial charge in [0.25, 0.3) is 0 Å². The van der Waals surface area contributed by atoms with Crippen molar-refractivity contribution in [2.45, 2.75) is 0 Å². The fourth-order valence-corrected chi connectivity index (χ4v) is 2.60. The van der Waals surface area contributed by atoms with Crippen LogP contribution in [-0.2, 0) is 0 Å². The van der Waals surface area contributed by atoms with Crippen LogP contribution in [0.25, 0.3) is 10.8 Å². The van der Waals surface area contributed by atoms with Gasteiger partial charge in [-0.1, -0.05) is 86.3 Å². The summed E-state index contributed by atoms with van der Waals surface area (Å²) in [5, 5.41) is 2.47. The molecule has 0 N–H and O–H groups in total. The molecule has 0 fully saturated rings. The number of allylic oxidation sites excluding steroid dienone is 1. The van der Waals surface area contributed by atoms with Crippen LogP contribution in [0.1, 0.15) is 11.1 Å². The molecule has 0 nitrogen and oxygen atoms in total. The Morgan fingerprint density at radius 1 is 0.800 bits per heavy atom. The van der Waals surface area contributed by atoms with Gasteiger partial charge in [0.05, 0.1) is 0 Å². The lowest BCUT2D eigenvalue weighted by molar-refractivity contribution is 1.26. The molecule has 0 aliphatic heterocycles. The molecular weight excluding hydrogens is 240 g/mol. The second kappa shape index (κ2) is 5.18. The van der Waals surface area contributed by atoms with Gasteiger partial charge in [-0.15, -0.1) is 0 Å². The lowest BCUT2D eigenvalue weighted by Gasteiger charge is -2.20. The third kappa shape index (κ3) is 2.17. The van der Waals surface area contributed by atoms with Crippen LogP contribution in [-0.4, -0.2) is 0 Å². The fraction of sp³-hybridized carbons (Fsp3) is 0. The zero-order valence-corrected chi connectivity index (χ0v) is 11.3. The maximum Gasteiger partial charge on any atom is -0.00445 e. The summed E-state index contributed by atoms with van der Waals surface area (Å²) in [4.78, 5) is 0. The van der Waals surface area contributed by atoms with Crippen LogP contribution in [0.4, 0.5) is 0 Å². The molecule has 0 amide bonds. The Balaban J connectivity index is 2.23. The molecule has 0 bridgehead atoms. The van der Waals surface area contributed by atoms with Gasteiger partial charge in [0.1, 0.15) is 0 Å². The minimum absolute atomic E-state index is 0.840. The summed E-state index contributed by atoms with van der Waals surface area (Å²) in [6, 6.07) is 25.1. The molecule has 20 heavy (non-hydrogen) atoms. The van der Waals surface area contributed by atoms with Crippen LogP contribution in [0.3, 0.4) is 0 Å². The lowest BCUT2D eigenvalue weighted by atomic mass is 9.84. The zero-order valence-electron chi connectivity index (χ0n) is 11.3. The van der Waals surface area contributed by atoms with Crippen molar-refractivity contribution in [3.8, 4) is 0 Å². The van der Waals surface area contributed by atoms with Crippen molar-refractivity contribution in [2.24, 2.45) is 0 Å². The van der Waals surface area contributed by atoms with Crippen molar-refractivity contribution in [1.29, 1.82) is 0 Å². The van der Waals surface area contributed by atoms with Crippen LogP contribution in [0.5, 0.6) is 0 Å². The summed E-state index contributed by atoms with van der Waals surface area (Å²) >= 11 is 0. The summed E-state index contributed by atoms with van der Waals surface area (Å²) in [7, 11) is 0. The highest BCUT2D eigenvalue weighted by Gasteiger charge is 2.16. The normalized spacial score (nSPS) is 10.4. The second-order valence-electron chi connectivity index (χ2n) is 4.87. The summed E-state index contributed by atoms with van der Waals surface area (Å²) in [6.07, 6.45) is 0. The Morgan fingerprint density at radius 2 is 1.45 bits per heavy atom. The molecule has 0 heterocycles. The Bertz CT molecular complexity index is 733. The Hall–Kier alpha value is -2.60. The monoisotopic (exact) mass is 256 g/mol. The van der Waals surface area contributed by atoms with Gasteiger partial charge in [-0.05, 0) is 33.4 Å². The molecule has 0 saturated carbocycles. The van der Waals surface area contributed by atoms with Gasteiger partial charge < -0.3 is 0 Å². The Morgan fingerprint density at radius 3 is 2.20 bits per heavy atom. The molecule has 0 heteroatoms. The molecule has 0 aliphatic carbocycles. The number of benzene rings is 3. The summed E-state index contributed by atoms with van der Waals surface area (Å²) in [5.41, 5.74) is 3.19. The van der Waals surface area contributed by atoms with E-state index < -0.39 is 0 Å². The topological polar surface area (TPSA) is 0 Å². The molecule has 0 unspecified atom stereocenters. The fourth-order valence-electron chi connectivity index (χ4n) is 2.60. The Kier molecular flexibility index (Phi) is 3.22. The average Bonchev–Trinajstić information content (AvgIpc) is 2.48. The first kappa shape index (κ1) is 12.4. The maximum absolute atomic E-state index is 4.07. The average molecular weight is 256 g/mol. The molecular formula is C20H16. The van der Waals surface area contributed by atoms with Crippen molar-refractivity contribution in [3.05, 3.63) is 109 Å². The van der Waals surface area contributed by atoms with E-state index in [0.29, 0.717) is 0 Å². The minimum Gasteiger partial charge on any atom is -0.0917 e. The highest BCUT2D eigenvalue weighted by molar-refractivity contribution is 5.89. The molecule has 0 radical (unpaired) electrons. The number of hydrogen-bond donors (Lipinski definition) is 0. The molecule has 0 aliphatic rings. The minimum atomic E-state index is 0.840. The smallest absolute Gasteiger partial charge is 0.00445 e. The van der Waals surface area contributed by atoms with E-state index in [2.05, 4.69) is 68.1 Å². The number of rotatable bonds is 3. The lowest BCUT2D eigenvalue weighted by Crippen LogP contribution is -2.04. The molecule has 96 valence electrons. The molecule has 0 aromatic heterocycles. The van der Waals surface area contributed by atoms with Gasteiger partial charge >= 0.3 is 0 Å². The van der Waals surface area contributed by atoms with E-state index in [4.69, 9.17) is 0 Å². The zero-order chi connectivity index (χ0) is 13.9. The van der Waals surface area contributed by atoms with Gasteiger partial charge in [0.2, 0.25) is 0 Å². The summed E-state index contributed by atoms with van der Waals surface area (Å²) < 4.78 is 0. The van der Waals surface area contributed by atoms with E-state index >= 15 is 0 Å². The first-order chi connectivity index (χ1) is 9.77. The van der Waals surface area contributed by atoms with Gasteiger partial charge in [0.15, 0.2) is 0 Å². The van der Waals surface area contributed by atoms with E-state index in [1.54, 1.807) is 0 Å². The third-order valence-electron chi connectivity index (χ3n) is 3.47. The van der Waals surface area contributed by atoms with Crippen LogP contribution in [0.15, 0.2) is 84.9 Å². The number of hydrogen-bond acceptors (Lipinski definition) is 0. The van der Waals surface area contributed by atoms with Gasteiger partial charge in [-0.25, -0.2) is 0 Å². The molecule has 3 aromatic carbocycles. The van der Waals surface area contributed by atoms with E-state index in [-0.39, 0.29) is 0 Å². The van der Waals surface area contributed by atoms with Crippen molar-refractivity contribution in [3.63, 3.8) is 0 Å². The standard InChI is InChI=1S/C20H16/c1-15(2)20(17-10-4-3-5-11-17)19-14-8-12-16-9-6-7-13-18(16)19/h3-14H,1-2H2. The molecule has 3 aromatic rings. The van der Waals surface area contributed by atoms with Crippen LogP contribution in [0.2, 0.25) is 0 Å². The van der Waals surface area contributed by atoms with E-state index in [1.807, 2.05) is 18.2 Å². The predicted octanol–water partition coefficient (Wildman–Crippen LogP) is 5.20. The van der Waals surface area contributed by atoms with Gasteiger partial charge in [0, 0.05) is 0 Å². The van der Waals surface area contributed by atoms with Crippen molar-refractivity contribution in [1.82, 2.24) is 0 Å². The molecule has 0 atom stereocenters. The van der Waals surface area contributed by atoms with Crippen LogP contribution in [0, 0.1) is 12.8 Å². The van der Waals surface area contributed by atoms with Crippen molar-refractivity contribution >= 4 is 10.8 Å². The summed E-state index contributed by atoms with van der Waals surface area (Å²) in [5.74, 6) is 1.11.